The smallest absolute Gasteiger partial charge is 0.225 e. The molecule has 1 heterocycles. The second-order valence-corrected chi connectivity index (χ2v) is 6.76. The molecule has 4 heteroatoms. The van der Waals surface area contributed by atoms with Gasteiger partial charge in [-0.05, 0) is 46.0 Å². The van der Waals surface area contributed by atoms with Crippen LogP contribution in [0.25, 0.3) is 11.3 Å². The van der Waals surface area contributed by atoms with Crippen molar-refractivity contribution in [1.82, 2.24) is 9.97 Å². The van der Waals surface area contributed by atoms with E-state index in [1.54, 1.807) is 5.57 Å². The third-order valence-corrected chi connectivity index (χ3v) is 4.98. The first kappa shape index (κ1) is 18.4. The Morgan fingerprint density at radius 3 is 2.54 bits per heavy atom. The van der Waals surface area contributed by atoms with Crippen LogP contribution in [0.1, 0.15) is 46.0 Å². The lowest BCUT2D eigenvalue weighted by Crippen LogP contribution is -2.23. The maximum absolute atomic E-state index is 4.77. The van der Waals surface area contributed by atoms with E-state index in [4.69, 9.17) is 9.97 Å². The molecule has 1 aromatic heterocycles. The lowest BCUT2D eigenvalue weighted by molar-refractivity contribution is 0.679. The Labute approximate surface area is 157 Å². The van der Waals surface area contributed by atoms with Crippen molar-refractivity contribution >= 4 is 11.8 Å². The highest BCUT2D eigenvalue weighted by Gasteiger charge is 2.11. The van der Waals surface area contributed by atoms with Gasteiger partial charge in [0.15, 0.2) is 0 Å². The van der Waals surface area contributed by atoms with Crippen LogP contribution in [-0.2, 0) is 0 Å². The molecule has 0 bridgehead atoms. The molecule has 1 aliphatic carbocycles. The maximum atomic E-state index is 4.77. The Morgan fingerprint density at radius 1 is 1.04 bits per heavy atom. The van der Waals surface area contributed by atoms with Crippen LogP contribution in [0.15, 0.2) is 48.0 Å². The van der Waals surface area contributed by atoms with Gasteiger partial charge in [0.1, 0.15) is 5.82 Å². The van der Waals surface area contributed by atoms with Gasteiger partial charge in [-0.1, -0.05) is 42.0 Å². The zero-order chi connectivity index (χ0) is 18.2. The van der Waals surface area contributed by atoms with Crippen LogP contribution >= 0.6 is 0 Å². The Hall–Kier alpha value is -2.36. The molecular formula is C22H30N4. The van der Waals surface area contributed by atoms with Crippen molar-refractivity contribution in [2.75, 3.05) is 29.9 Å². The van der Waals surface area contributed by atoms with E-state index in [0.29, 0.717) is 0 Å². The summed E-state index contributed by atoms with van der Waals surface area (Å²) in [6.07, 6.45) is 8.65. The van der Waals surface area contributed by atoms with Crippen LogP contribution in [0, 0.1) is 0 Å². The number of nitrogens with one attached hydrogen (secondary N) is 1. The van der Waals surface area contributed by atoms with Crippen molar-refractivity contribution in [3.8, 4) is 11.3 Å². The summed E-state index contributed by atoms with van der Waals surface area (Å²) in [7, 11) is 0. The van der Waals surface area contributed by atoms with Crippen molar-refractivity contribution in [2.45, 2.75) is 46.0 Å². The van der Waals surface area contributed by atoms with Gasteiger partial charge >= 0.3 is 0 Å². The fourth-order valence-corrected chi connectivity index (χ4v) is 3.45. The number of anilines is 2. The Balaban J connectivity index is 1.78. The highest BCUT2D eigenvalue weighted by atomic mass is 15.2. The Kier molecular flexibility index (Phi) is 6.64. The van der Waals surface area contributed by atoms with E-state index >= 15 is 0 Å². The molecule has 1 aromatic carbocycles. The van der Waals surface area contributed by atoms with Crippen molar-refractivity contribution < 1.29 is 0 Å². The number of hydrogen-bond donors (Lipinski definition) is 1. The predicted molar refractivity (Wildman–Crippen MR) is 111 cm³/mol. The summed E-state index contributed by atoms with van der Waals surface area (Å²) < 4.78 is 0. The molecule has 0 aliphatic heterocycles. The van der Waals surface area contributed by atoms with Gasteiger partial charge in [0.2, 0.25) is 5.95 Å². The fraction of sp³-hybridized carbons (Fsp3) is 0.455. The quantitative estimate of drug-likeness (QED) is 0.657. The van der Waals surface area contributed by atoms with Crippen LogP contribution in [0.2, 0.25) is 0 Å². The zero-order valence-electron chi connectivity index (χ0n) is 16.0. The normalized spacial score (nSPS) is 14.0. The molecule has 4 nitrogen and oxygen atoms in total. The van der Waals surface area contributed by atoms with Crippen molar-refractivity contribution in [3.63, 3.8) is 0 Å². The predicted octanol–water partition coefficient (Wildman–Crippen LogP) is 5.29. The summed E-state index contributed by atoms with van der Waals surface area (Å²) in [5, 5.41) is 3.46. The molecule has 2 aromatic rings. The molecule has 3 rings (SSSR count). The Morgan fingerprint density at radius 2 is 1.85 bits per heavy atom. The average molecular weight is 351 g/mol. The fourth-order valence-electron chi connectivity index (χ4n) is 3.45. The van der Waals surface area contributed by atoms with E-state index in [1.165, 1.54) is 25.7 Å². The van der Waals surface area contributed by atoms with Crippen LogP contribution < -0.4 is 10.2 Å². The van der Waals surface area contributed by atoms with Crippen molar-refractivity contribution in [1.29, 1.82) is 0 Å². The molecule has 0 fully saturated rings. The van der Waals surface area contributed by atoms with Gasteiger partial charge in [0.25, 0.3) is 0 Å². The molecule has 0 amide bonds. The van der Waals surface area contributed by atoms with Gasteiger partial charge < -0.3 is 10.2 Å². The first-order chi connectivity index (χ1) is 12.8. The summed E-state index contributed by atoms with van der Waals surface area (Å²) in [4.78, 5) is 11.8. The van der Waals surface area contributed by atoms with E-state index < -0.39 is 0 Å². The molecule has 0 spiro atoms. The minimum atomic E-state index is 0.727. The Bertz CT molecular complexity index is 720. The van der Waals surface area contributed by atoms with E-state index in [1.807, 2.05) is 6.07 Å². The van der Waals surface area contributed by atoms with Gasteiger partial charge in [0, 0.05) is 31.3 Å². The molecule has 0 radical (unpaired) electrons. The number of allylic oxidation sites excluding steroid dienone is 1. The van der Waals surface area contributed by atoms with Crippen LogP contribution in [0.5, 0.6) is 0 Å². The lowest BCUT2D eigenvalue weighted by Gasteiger charge is -2.21. The molecule has 0 saturated heterocycles. The van der Waals surface area contributed by atoms with Gasteiger partial charge in [-0.2, -0.15) is 4.98 Å². The van der Waals surface area contributed by atoms with Crippen molar-refractivity contribution in [3.05, 3.63) is 48.0 Å². The molecule has 0 unspecified atom stereocenters. The summed E-state index contributed by atoms with van der Waals surface area (Å²) in [5.41, 5.74) is 3.68. The van der Waals surface area contributed by atoms with Crippen LogP contribution in [-0.4, -0.2) is 29.6 Å². The van der Waals surface area contributed by atoms with E-state index in [2.05, 4.69) is 60.5 Å². The molecule has 1 N–H and O–H groups in total. The van der Waals surface area contributed by atoms with Crippen LogP contribution in [0.4, 0.5) is 11.8 Å². The summed E-state index contributed by atoms with van der Waals surface area (Å²) >= 11 is 0. The third-order valence-electron chi connectivity index (χ3n) is 4.98. The highest BCUT2D eigenvalue weighted by molar-refractivity contribution is 5.64. The van der Waals surface area contributed by atoms with Gasteiger partial charge in [-0.15, -0.1) is 0 Å². The summed E-state index contributed by atoms with van der Waals surface area (Å²) in [6, 6.07) is 12.4. The van der Waals surface area contributed by atoms with Crippen LogP contribution in [0.3, 0.4) is 0 Å². The number of benzene rings is 1. The SMILES string of the molecule is CCN(CC)c1cc(-c2ccccc2)nc(NCCC2=CCCCC2)n1. The van der Waals surface area contributed by atoms with Gasteiger partial charge in [-0.3, -0.25) is 0 Å². The second-order valence-electron chi connectivity index (χ2n) is 6.76. The summed E-state index contributed by atoms with van der Waals surface area (Å²) in [5.74, 6) is 1.72. The standard InChI is InChI=1S/C22H30N4/c1-3-26(4-2)21-17-20(19-13-9-6-10-14-19)24-22(25-21)23-16-15-18-11-7-5-8-12-18/h6,9-11,13-14,17H,3-5,7-8,12,15-16H2,1-2H3,(H,23,24,25). The minimum absolute atomic E-state index is 0.727. The number of aromatic nitrogens is 2. The number of hydrogen-bond acceptors (Lipinski definition) is 4. The minimum Gasteiger partial charge on any atom is -0.357 e. The number of nitrogens with zero attached hydrogens (tertiary/aromatic N) is 3. The van der Waals surface area contributed by atoms with Gasteiger partial charge in [0.05, 0.1) is 5.69 Å². The van der Waals surface area contributed by atoms with E-state index in [0.717, 1.165) is 49.1 Å². The van der Waals surface area contributed by atoms with Gasteiger partial charge in [-0.25, -0.2) is 4.98 Å². The molecule has 138 valence electrons. The molecule has 0 atom stereocenters. The topological polar surface area (TPSA) is 41.1 Å². The zero-order valence-corrected chi connectivity index (χ0v) is 16.0. The van der Waals surface area contributed by atoms with E-state index in [-0.39, 0.29) is 0 Å². The first-order valence-electron chi connectivity index (χ1n) is 9.91. The number of rotatable bonds is 8. The maximum Gasteiger partial charge on any atom is 0.225 e. The molecular weight excluding hydrogens is 320 g/mol. The molecule has 26 heavy (non-hydrogen) atoms. The summed E-state index contributed by atoms with van der Waals surface area (Å²) in [6.45, 7) is 7.09. The largest absolute Gasteiger partial charge is 0.357 e. The lowest BCUT2D eigenvalue weighted by atomic mass is 9.97. The average Bonchev–Trinajstić information content (AvgIpc) is 2.70. The highest BCUT2D eigenvalue weighted by Crippen LogP contribution is 2.24. The monoisotopic (exact) mass is 350 g/mol. The third kappa shape index (κ3) is 4.84. The van der Waals surface area contributed by atoms with E-state index in [9.17, 15) is 0 Å². The second kappa shape index (κ2) is 9.37. The molecule has 1 aliphatic rings. The first-order valence-corrected chi connectivity index (χ1v) is 9.91. The molecule has 0 saturated carbocycles. The van der Waals surface area contributed by atoms with Crippen molar-refractivity contribution in [2.24, 2.45) is 0 Å².